The third-order valence-electron chi connectivity index (χ3n) is 5.51. The standard InChI is InChI=1S/C18H26FN3O3S/c1-14(18(23)20(2)17-7-12-26(24,25)13-17)21-8-10-22(11-9-21)16-5-3-15(19)4-6-16/h3-6,14,17H,7-13H2,1-2H3/t14-,17+/m1/s1. The Kier molecular flexibility index (Phi) is 5.53. The molecule has 2 atom stereocenters. The second-order valence-corrected chi connectivity index (χ2v) is 9.41. The van der Waals surface area contributed by atoms with Crippen molar-refractivity contribution in [1.29, 1.82) is 0 Å². The maximum Gasteiger partial charge on any atom is 0.239 e. The molecule has 2 aliphatic rings. The first kappa shape index (κ1) is 19.1. The van der Waals surface area contributed by atoms with Gasteiger partial charge < -0.3 is 9.80 Å². The van der Waals surface area contributed by atoms with E-state index < -0.39 is 9.84 Å². The van der Waals surface area contributed by atoms with Crippen molar-refractivity contribution < 1.29 is 17.6 Å². The molecule has 6 nitrogen and oxygen atoms in total. The van der Waals surface area contributed by atoms with Gasteiger partial charge in [-0.1, -0.05) is 0 Å². The Bertz CT molecular complexity index is 745. The van der Waals surface area contributed by atoms with Crippen LogP contribution in [0.4, 0.5) is 10.1 Å². The molecule has 0 radical (unpaired) electrons. The molecule has 0 aliphatic carbocycles. The van der Waals surface area contributed by atoms with Crippen molar-refractivity contribution in [3.63, 3.8) is 0 Å². The molecule has 1 aromatic carbocycles. The van der Waals surface area contributed by atoms with Gasteiger partial charge in [0.1, 0.15) is 5.82 Å². The summed E-state index contributed by atoms with van der Waals surface area (Å²) in [6.07, 6.45) is 0.523. The van der Waals surface area contributed by atoms with Crippen molar-refractivity contribution in [3.05, 3.63) is 30.1 Å². The number of sulfone groups is 1. The number of nitrogens with zero attached hydrogens (tertiary/aromatic N) is 3. The van der Waals surface area contributed by atoms with Gasteiger partial charge in [0.15, 0.2) is 9.84 Å². The molecule has 2 aliphatic heterocycles. The highest BCUT2D eigenvalue weighted by molar-refractivity contribution is 7.91. The van der Waals surface area contributed by atoms with Crippen LogP contribution in [0.15, 0.2) is 24.3 Å². The van der Waals surface area contributed by atoms with Crippen LogP contribution in [-0.2, 0) is 14.6 Å². The van der Waals surface area contributed by atoms with Crippen molar-refractivity contribution in [3.8, 4) is 0 Å². The molecule has 0 spiro atoms. The van der Waals surface area contributed by atoms with Gasteiger partial charge >= 0.3 is 0 Å². The maximum atomic E-state index is 13.1. The lowest BCUT2D eigenvalue weighted by molar-refractivity contribution is -0.136. The van der Waals surface area contributed by atoms with E-state index >= 15 is 0 Å². The zero-order valence-corrected chi connectivity index (χ0v) is 16.1. The first-order valence-electron chi connectivity index (χ1n) is 8.98. The topological polar surface area (TPSA) is 60.9 Å². The van der Waals surface area contributed by atoms with Crippen LogP contribution in [0.3, 0.4) is 0 Å². The summed E-state index contributed by atoms with van der Waals surface area (Å²) in [6, 6.07) is 5.97. The van der Waals surface area contributed by atoms with Gasteiger partial charge in [-0.15, -0.1) is 0 Å². The van der Waals surface area contributed by atoms with Crippen LogP contribution in [0.25, 0.3) is 0 Å². The highest BCUT2D eigenvalue weighted by Gasteiger charge is 2.35. The van der Waals surface area contributed by atoms with E-state index in [1.54, 1.807) is 24.1 Å². The summed E-state index contributed by atoms with van der Waals surface area (Å²) in [7, 11) is -1.30. The largest absolute Gasteiger partial charge is 0.369 e. The van der Waals surface area contributed by atoms with Crippen molar-refractivity contribution in [1.82, 2.24) is 9.80 Å². The van der Waals surface area contributed by atoms with E-state index in [0.717, 1.165) is 31.9 Å². The van der Waals surface area contributed by atoms with Crippen LogP contribution in [0.1, 0.15) is 13.3 Å². The molecule has 26 heavy (non-hydrogen) atoms. The monoisotopic (exact) mass is 383 g/mol. The Morgan fingerprint density at radius 1 is 1.19 bits per heavy atom. The summed E-state index contributed by atoms with van der Waals surface area (Å²) in [5.74, 6) is -0.0359. The molecule has 8 heteroatoms. The molecule has 0 N–H and O–H groups in total. The van der Waals surface area contributed by atoms with Gasteiger partial charge in [-0.05, 0) is 37.6 Å². The third-order valence-corrected chi connectivity index (χ3v) is 7.27. The van der Waals surface area contributed by atoms with E-state index in [1.165, 1.54) is 12.1 Å². The van der Waals surface area contributed by atoms with Crippen LogP contribution in [0.2, 0.25) is 0 Å². The number of anilines is 1. The lowest BCUT2D eigenvalue weighted by atomic mass is 10.1. The lowest BCUT2D eigenvalue weighted by Crippen LogP contribution is -2.55. The summed E-state index contributed by atoms with van der Waals surface area (Å²) in [4.78, 5) is 18.7. The average molecular weight is 383 g/mol. The maximum absolute atomic E-state index is 13.1. The lowest BCUT2D eigenvalue weighted by Gasteiger charge is -2.40. The fourth-order valence-electron chi connectivity index (χ4n) is 3.73. The second-order valence-electron chi connectivity index (χ2n) is 7.18. The number of benzene rings is 1. The number of rotatable bonds is 4. The molecule has 2 saturated heterocycles. The number of hydrogen-bond donors (Lipinski definition) is 0. The van der Waals surface area contributed by atoms with Crippen LogP contribution >= 0.6 is 0 Å². The highest BCUT2D eigenvalue weighted by Crippen LogP contribution is 2.20. The van der Waals surface area contributed by atoms with Crippen LogP contribution in [-0.4, -0.2) is 80.9 Å². The summed E-state index contributed by atoms with van der Waals surface area (Å²) in [6.45, 7) is 4.90. The predicted octanol–water partition coefficient (Wildman–Crippen LogP) is 0.982. The molecule has 1 amide bonds. The van der Waals surface area contributed by atoms with E-state index in [1.807, 2.05) is 6.92 Å². The molecular weight excluding hydrogens is 357 g/mol. The number of halogens is 1. The van der Waals surface area contributed by atoms with Crippen LogP contribution in [0, 0.1) is 5.82 Å². The van der Waals surface area contributed by atoms with E-state index in [0.29, 0.717) is 6.42 Å². The molecule has 0 unspecified atom stereocenters. The molecular formula is C18H26FN3O3S. The molecule has 2 fully saturated rings. The minimum atomic E-state index is -3.01. The van der Waals surface area contributed by atoms with Gasteiger partial charge in [0, 0.05) is 45.0 Å². The highest BCUT2D eigenvalue weighted by atomic mass is 32.2. The van der Waals surface area contributed by atoms with Crippen molar-refractivity contribution in [2.24, 2.45) is 0 Å². The Morgan fingerprint density at radius 2 is 1.81 bits per heavy atom. The number of hydrogen-bond acceptors (Lipinski definition) is 5. The summed E-state index contributed by atoms with van der Waals surface area (Å²) >= 11 is 0. The molecule has 2 heterocycles. The summed E-state index contributed by atoms with van der Waals surface area (Å²) < 4.78 is 36.4. The van der Waals surface area contributed by atoms with Gasteiger partial charge in [0.05, 0.1) is 17.5 Å². The number of amides is 1. The van der Waals surface area contributed by atoms with Gasteiger partial charge in [-0.3, -0.25) is 9.69 Å². The first-order valence-corrected chi connectivity index (χ1v) is 10.8. The normalized spacial score (nSPS) is 24.4. The molecule has 144 valence electrons. The van der Waals surface area contributed by atoms with Crippen molar-refractivity contribution in [2.75, 3.05) is 49.6 Å². The van der Waals surface area contributed by atoms with Gasteiger partial charge in [-0.2, -0.15) is 0 Å². The SMILES string of the molecule is C[C@H](C(=O)N(C)[C@H]1CCS(=O)(=O)C1)N1CCN(c2ccc(F)cc2)CC1. The molecule has 0 bridgehead atoms. The fraction of sp³-hybridized carbons (Fsp3) is 0.611. The van der Waals surface area contributed by atoms with E-state index in [2.05, 4.69) is 9.80 Å². The molecule has 0 aromatic heterocycles. The molecule has 0 saturated carbocycles. The third kappa shape index (κ3) is 4.17. The Balaban J connectivity index is 1.55. The molecule has 1 aromatic rings. The zero-order valence-electron chi connectivity index (χ0n) is 15.3. The zero-order chi connectivity index (χ0) is 18.9. The number of likely N-dealkylation sites (N-methyl/N-ethyl adjacent to an activating group) is 1. The average Bonchev–Trinajstić information content (AvgIpc) is 3.00. The van der Waals surface area contributed by atoms with Crippen molar-refractivity contribution >= 4 is 21.4 Å². The fourth-order valence-corrected chi connectivity index (χ4v) is 5.51. The van der Waals surface area contributed by atoms with Gasteiger partial charge in [0.2, 0.25) is 5.91 Å². The smallest absolute Gasteiger partial charge is 0.239 e. The number of carbonyl (C=O) groups is 1. The summed E-state index contributed by atoms with van der Waals surface area (Å²) in [5.41, 5.74) is 0.985. The van der Waals surface area contributed by atoms with Crippen molar-refractivity contribution in [2.45, 2.75) is 25.4 Å². The minimum absolute atomic E-state index is 0.0256. The second kappa shape index (κ2) is 7.52. The Labute approximate surface area is 154 Å². The number of carbonyl (C=O) groups excluding carboxylic acids is 1. The van der Waals surface area contributed by atoms with E-state index in [-0.39, 0.29) is 35.3 Å². The minimum Gasteiger partial charge on any atom is -0.369 e. The van der Waals surface area contributed by atoms with Crippen LogP contribution in [0.5, 0.6) is 0 Å². The predicted molar refractivity (Wildman–Crippen MR) is 99.5 cm³/mol. The quantitative estimate of drug-likeness (QED) is 0.776. The first-order chi connectivity index (χ1) is 12.3. The van der Waals surface area contributed by atoms with E-state index in [9.17, 15) is 17.6 Å². The Hall–Kier alpha value is -1.67. The van der Waals surface area contributed by atoms with Gasteiger partial charge in [0.25, 0.3) is 0 Å². The van der Waals surface area contributed by atoms with Crippen LogP contribution < -0.4 is 4.90 Å². The van der Waals surface area contributed by atoms with Gasteiger partial charge in [-0.25, -0.2) is 12.8 Å². The summed E-state index contributed by atoms with van der Waals surface area (Å²) in [5, 5.41) is 0. The number of piperazine rings is 1. The Morgan fingerprint density at radius 3 is 2.35 bits per heavy atom. The van der Waals surface area contributed by atoms with E-state index in [4.69, 9.17) is 0 Å². The molecule has 3 rings (SSSR count).